The van der Waals surface area contributed by atoms with E-state index in [0.717, 1.165) is 5.69 Å². The molecule has 0 unspecified atom stereocenters. The molecule has 0 saturated carbocycles. The number of ketones is 1. The van der Waals surface area contributed by atoms with Crippen LogP contribution in [0.3, 0.4) is 0 Å². The number of amides is 1. The summed E-state index contributed by atoms with van der Waals surface area (Å²) >= 11 is 0. The molecule has 0 aliphatic rings. The number of carbonyl (C=O) groups excluding carboxylic acids is 2. The minimum absolute atomic E-state index is 0.0645. The van der Waals surface area contributed by atoms with E-state index in [0.29, 0.717) is 22.4 Å². The Morgan fingerprint density at radius 1 is 0.792 bits per heavy atom. The third kappa shape index (κ3) is 3.55. The molecule has 3 aromatic rings. The molecule has 4 nitrogen and oxygen atoms in total. The van der Waals surface area contributed by atoms with Crippen LogP contribution in [-0.4, -0.2) is 16.7 Å². The van der Waals surface area contributed by atoms with Crippen molar-refractivity contribution in [2.45, 2.75) is 6.92 Å². The summed E-state index contributed by atoms with van der Waals surface area (Å²) in [6.45, 7) is 1.88. The topological polar surface area (TPSA) is 59.1 Å². The molecule has 0 aliphatic carbocycles. The highest BCUT2D eigenvalue weighted by molar-refractivity contribution is 6.10. The van der Waals surface area contributed by atoms with E-state index in [1.54, 1.807) is 48.7 Å². The highest BCUT2D eigenvalue weighted by atomic mass is 16.1. The van der Waals surface area contributed by atoms with Crippen LogP contribution in [0.25, 0.3) is 0 Å². The summed E-state index contributed by atoms with van der Waals surface area (Å²) in [5.74, 6) is -0.301. The van der Waals surface area contributed by atoms with E-state index in [1.165, 1.54) is 0 Å². The maximum Gasteiger partial charge on any atom is 0.255 e. The molecule has 1 N–H and O–H groups in total. The van der Waals surface area contributed by atoms with E-state index in [4.69, 9.17) is 0 Å². The lowest BCUT2D eigenvalue weighted by Gasteiger charge is -2.06. The van der Waals surface area contributed by atoms with Crippen LogP contribution in [-0.2, 0) is 0 Å². The van der Waals surface area contributed by atoms with Crippen LogP contribution in [0.2, 0.25) is 0 Å². The Bertz CT molecular complexity index is 854. The molecule has 24 heavy (non-hydrogen) atoms. The van der Waals surface area contributed by atoms with Crippen LogP contribution < -0.4 is 5.32 Å². The highest BCUT2D eigenvalue weighted by Gasteiger charge is 2.11. The first-order valence-corrected chi connectivity index (χ1v) is 7.57. The van der Waals surface area contributed by atoms with E-state index in [-0.39, 0.29) is 11.7 Å². The van der Waals surface area contributed by atoms with Gasteiger partial charge in [0.25, 0.3) is 5.91 Å². The molecule has 0 atom stereocenters. The van der Waals surface area contributed by atoms with Crippen LogP contribution in [0.4, 0.5) is 5.69 Å². The molecule has 0 bridgehead atoms. The van der Waals surface area contributed by atoms with Gasteiger partial charge in [-0.15, -0.1) is 0 Å². The molecular weight excluding hydrogens is 300 g/mol. The molecule has 1 aromatic heterocycles. The number of benzene rings is 2. The zero-order valence-corrected chi connectivity index (χ0v) is 13.2. The quantitative estimate of drug-likeness (QED) is 0.743. The number of carbonyl (C=O) groups is 2. The number of rotatable bonds is 4. The Kier molecular flexibility index (Phi) is 4.47. The SMILES string of the molecule is Cc1ccc(NC(=O)c2ccc(C(=O)c3ccccc3)cc2)cn1. The van der Waals surface area contributed by atoms with Crippen molar-refractivity contribution in [3.05, 3.63) is 95.3 Å². The molecule has 0 spiro atoms. The van der Waals surface area contributed by atoms with E-state index in [9.17, 15) is 9.59 Å². The minimum atomic E-state index is -0.237. The third-order valence-corrected chi connectivity index (χ3v) is 3.61. The van der Waals surface area contributed by atoms with E-state index in [2.05, 4.69) is 10.3 Å². The summed E-state index contributed by atoms with van der Waals surface area (Å²) in [4.78, 5) is 28.7. The van der Waals surface area contributed by atoms with E-state index in [1.807, 2.05) is 31.2 Å². The Morgan fingerprint density at radius 2 is 1.42 bits per heavy atom. The number of hydrogen-bond donors (Lipinski definition) is 1. The standard InChI is InChI=1S/C20H16N2O2/c1-14-7-12-18(13-21-14)22-20(24)17-10-8-16(9-11-17)19(23)15-5-3-2-4-6-15/h2-13H,1H3,(H,22,24). The molecule has 0 fully saturated rings. The summed E-state index contributed by atoms with van der Waals surface area (Å²) in [5, 5.41) is 2.78. The van der Waals surface area contributed by atoms with Gasteiger partial charge in [-0.3, -0.25) is 14.6 Å². The van der Waals surface area contributed by atoms with Gasteiger partial charge in [0.1, 0.15) is 0 Å². The van der Waals surface area contributed by atoms with Crippen LogP contribution in [0.1, 0.15) is 32.0 Å². The summed E-state index contributed by atoms with van der Waals surface area (Å²) in [7, 11) is 0. The fourth-order valence-electron chi connectivity index (χ4n) is 2.27. The molecule has 4 heteroatoms. The lowest BCUT2D eigenvalue weighted by atomic mass is 10.0. The Morgan fingerprint density at radius 3 is 2.04 bits per heavy atom. The van der Waals surface area contributed by atoms with Crippen LogP contribution >= 0.6 is 0 Å². The predicted octanol–water partition coefficient (Wildman–Crippen LogP) is 3.87. The van der Waals surface area contributed by atoms with Crippen molar-refractivity contribution in [1.29, 1.82) is 0 Å². The fourth-order valence-corrected chi connectivity index (χ4v) is 2.27. The molecule has 118 valence electrons. The van der Waals surface area contributed by atoms with Crippen LogP contribution in [0.15, 0.2) is 72.9 Å². The predicted molar refractivity (Wildman–Crippen MR) is 93.2 cm³/mol. The zero-order chi connectivity index (χ0) is 16.9. The van der Waals surface area contributed by atoms with Crippen LogP contribution in [0, 0.1) is 6.92 Å². The van der Waals surface area contributed by atoms with Gasteiger partial charge in [-0.25, -0.2) is 0 Å². The normalized spacial score (nSPS) is 10.2. The third-order valence-electron chi connectivity index (χ3n) is 3.61. The molecule has 1 heterocycles. The van der Waals surface area contributed by atoms with E-state index < -0.39 is 0 Å². The number of hydrogen-bond acceptors (Lipinski definition) is 3. The van der Waals surface area contributed by atoms with Crippen molar-refractivity contribution < 1.29 is 9.59 Å². The van der Waals surface area contributed by atoms with Crippen molar-refractivity contribution in [3.8, 4) is 0 Å². The molecule has 0 aliphatic heterocycles. The average molecular weight is 316 g/mol. The van der Waals surface area contributed by atoms with Gasteiger partial charge in [0.05, 0.1) is 11.9 Å². The average Bonchev–Trinajstić information content (AvgIpc) is 2.64. The van der Waals surface area contributed by atoms with Gasteiger partial charge in [-0.05, 0) is 31.2 Å². The molecule has 2 aromatic carbocycles. The first-order chi connectivity index (χ1) is 11.6. The Labute approximate surface area is 140 Å². The van der Waals surface area contributed by atoms with Crippen LogP contribution in [0.5, 0.6) is 0 Å². The number of aromatic nitrogens is 1. The van der Waals surface area contributed by atoms with Gasteiger partial charge in [0.2, 0.25) is 0 Å². The van der Waals surface area contributed by atoms with Crippen molar-refractivity contribution in [2.75, 3.05) is 5.32 Å². The molecule has 0 radical (unpaired) electrons. The van der Waals surface area contributed by atoms with Crippen molar-refractivity contribution in [3.63, 3.8) is 0 Å². The monoisotopic (exact) mass is 316 g/mol. The Balaban J connectivity index is 1.73. The second kappa shape index (κ2) is 6.87. The molecule has 0 saturated heterocycles. The first kappa shape index (κ1) is 15.6. The first-order valence-electron chi connectivity index (χ1n) is 7.57. The zero-order valence-electron chi connectivity index (χ0n) is 13.2. The smallest absolute Gasteiger partial charge is 0.255 e. The fraction of sp³-hybridized carbons (Fsp3) is 0.0500. The Hall–Kier alpha value is -3.27. The van der Waals surface area contributed by atoms with Crippen molar-refractivity contribution in [1.82, 2.24) is 4.98 Å². The lowest BCUT2D eigenvalue weighted by molar-refractivity contribution is 0.102. The molecule has 3 rings (SSSR count). The van der Waals surface area contributed by atoms with E-state index >= 15 is 0 Å². The second-order valence-corrected chi connectivity index (χ2v) is 5.41. The summed E-state index contributed by atoms with van der Waals surface area (Å²) in [6, 6.07) is 19.3. The molecule has 1 amide bonds. The highest BCUT2D eigenvalue weighted by Crippen LogP contribution is 2.13. The largest absolute Gasteiger partial charge is 0.321 e. The van der Waals surface area contributed by atoms with Crippen molar-refractivity contribution >= 4 is 17.4 Å². The lowest BCUT2D eigenvalue weighted by Crippen LogP contribution is -2.12. The molecular formula is C20H16N2O2. The van der Waals surface area contributed by atoms with Crippen molar-refractivity contribution in [2.24, 2.45) is 0 Å². The van der Waals surface area contributed by atoms with Gasteiger partial charge >= 0.3 is 0 Å². The van der Waals surface area contributed by atoms with Gasteiger partial charge in [0.15, 0.2) is 5.78 Å². The second-order valence-electron chi connectivity index (χ2n) is 5.41. The van der Waals surface area contributed by atoms with Gasteiger partial charge in [-0.1, -0.05) is 42.5 Å². The number of pyridine rings is 1. The number of anilines is 1. The maximum atomic E-state index is 12.3. The minimum Gasteiger partial charge on any atom is -0.321 e. The maximum absolute atomic E-state index is 12.3. The van der Waals surface area contributed by atoms with Gasteiger partial charge in [0, 0.05) is 22.4 Å². The summed E-state index contributed by atoms with van der Waals surface area (Å²) in [6.07, 6.45) is 1.61. The number of nitrogens with zero attached hydrogens (tertiary/aromatic N) is 1. The number of nitrogens with one attached hydrogen (secondary N) is 1. The number of aryl methyl sites for hydroxylation is 1. The van der Waals surface area contributed by atoms with Gasteiger partial charge in [-0.2, -0.15) is 0 Å². The summed E-state index contributed by atoms with van der Waals surface area (Å²) < 4.78 is 0. The summed E-state index contributed by atoms with van der Waals surface area (Å²) in [5.41, 5.74) is 3.18. The van der Waals surface area contributed by atoms with Gasteiger partial charge < -0.3 is 5.32 Å².